The van der Waals surface area contributed by atoms with Crippen LogP contribution in [0.4, 0.5) is 0 Å². The predicted octanol–water partition coefficient (Wildman–Crippen LogP) is 4.23. The second kappa shape index (κ2) is 4.07. The highest BCUT2D eigenvalue weighted by molar-refractivity contribution is 7.20. The van der Waals surface area contributed by atoms with E-state index in [2.05, 4.69) is 9.97 Å². The second-order valence-electron chi connectivity index (χ2n) is 4.03. The van der Waals surface area contributed by atoms with Crippen LogP contribution in [0.5, 0.6) is 10.9 Å². The number of pyridine rings is 1. The summed E-state index contributed by atoms with van der Waals surface area (Å²) in [6.45, 7) is 0. The maximum Gasteiger partial charge on any atom is 0.281 e. The number of fused-ring (bicyclic) bond motifs is 2. The molecule has 0 aliphatic carbocycles. The molecule has 3 aromatic heterocycles. The van der Waals surface area contributed by atoms with Gasteiger partial charge in [-0.2, -0.15) is 4.98 Å². The lowest BCUT2D eigenvalue weighted by molar-refractivity contribution is 0.480. The zero-order valence-corrected chi connectivity index (χ0v) is 10.6. The molecule has 0 aliphatic rings. The van der Waals surface area contributed by atoms with Crippen LogP contribution in [-0.2, 0) is 0 Å². The van der Waals surface area contributed by atoms with Crippen molar-refractivity contribution in [1.82, 2.24) is 9.97 Å². The van der Waals surface area contributed by atoms with Crippen LogP contribution in [0.25, 0.3) is 21.3 Å². The summed E-state index contributed by atoms with van der Waals surface area (Å²) < 4.78 is 12.1. The number of hydrogen-bond donors (Lipinski definition) is 0. The minimum atomic E-state index is 0.594. The molecule has 0 fully saturated rings. The number of aromatic nitrogens is 2. The summed E-state index contributed by atoms with van der Waals surface area (Å²) in [7, 11) is 0. The number of ether oxygens (including phenoxy) is 1. The third-order valence-electron chi connectivity index (χ3n) is 2.77. The van der Waals surface area contributed by atoms with Gasteiger partial charge < -0.3 is 9.15 Å². The van der Waals surface area contributed by atoms with E-state index in [4.69, 9.17) is 9.15 Å². The van der Waals surface area contributed by atoms with Crippen molar-refractivity contribution >= 4 is 32.7 Å². The molecule has 4 aromatic rings. The van der Waals surface area contributed by atoms with E-state index in [9.17, 15) is 0 Å². The van der Waals surface area contributed by atoms with E-state index in [1.54, 1.807) is 12.5 Å². The van der Waals surface area contributed by atoms with Crippen LogP contribution < -0.4 is 4.74 Å². The van der Waals surface area contributed by atoms with Gasteiger partial charge in [-0.05, 0) is 36.4 Å². The molecule has 4 nitrogen and oxygen atoms in total. The first-order chi connectivity index (χ1) is 9.38. The Morgan fingerprint density at radius 2 is 2.16 bits per heavy atom. The van der Waals surface area contributed by atoms with E-state index in [0.29, 0.717) is 10.8 Å². The molecule has 19 heavy (non-hydrogen) atoms. The smallest absolute Gasteiger partial charge is 0.281 e. The van der Waals surface area contributed by atoms with Crippen molar-refractivity contribution < 1.29 is 9.15 Å². The standard InChI is InChI=1S/C14H8N2O2S/c1-2-12-13(15-6-1)16-14(19-12)18-10-3-4-11-9(8-10)5-7-17-11/h1-8H. The van der Waals surface area contributed by atoms with E-state index >= 15 is 0 Å². The Labute approximate surface area is 112 Å². The van der Waals surface area contributed by atoms with Gasteiger partial charge in [0, 0.05) is 11.6 Å². The molecule has 0 radical (unpaired) electrons. The van der Waals surface area contributed by atoms with Crippen molar-refractivity contribution in [2.24, 2.45) is 0 Å². The van der Waals surface area contributed by atoms with Crippen LogP contribution in [0.3, 0.4) is 0 Å². The summed E-state index contributed by atoms with van der Waals surface area (Å²) in [5, 5.41) is 1.60. The molecular weight excluding hydrogens is 260 g/mol. The van der Waals surface area contributed by atoms with Crippen molar-refractivity contribution in [3.05, 3.63) is 48.9 Å². The SMILES string of the molecule is c1cnc2nc(Oc3ccc4occc4c3)sc2c1. The van der Waals surface area contributed by atoms with Crippen molar-refractivity contribution in [2.75, 3.05) is 0 Å². The third kappa shape index (κ3) is 1.84. The molecular formula is C14H8N2O2S. The maximum atomic E-state index is 5.77. The molecule has 0 atom stereocenters. The van der Waals surface area contributed by atoms with Gasteiger partial charge >= 0.3 is 0 Å². The highest BCUT2D eigenvalue weighted by Crippen LogP contribution is 2.31. The van der Waals surface area contributed by atoms with Crippen LogP contribution >= 0.6 is 11.3 Å². The number of hydrogen-bond acceptors (Lipinski definition) is 5. The van der Waals surface area contributed by atoms with Crippen LogP contribution in [0, 0.1) is 0 Å². The van der Waals surface area contributed by atoms with E-state index in [1.807, 2.05) is 36.4 Å². The number of benzene rings is 1. The van der Waals surface area contributed by atoms with E-state index < -0.39 is 0 Å². The molecule has 4 rings (SSSR count). The van der Waals surface area contributed by atoms with Crippen LogP contribution in [0.15, 0.2) is 53.3 Å². The predicted molar refractivity (Wildman–Crippen MR) is 73.7 cm³/mol. The fraction of sp³-hybridized carbons (Fsp3) is 0. The summed E-state index contributed by atoms with van der Waals surface area (Å²) in [5.41, 5.74) is 1.56. The summed E-state index contributed by atoms with van der Waals surface area (Å²) in [5.74, 6) is 0.743. The van der Waals surface area contributed by atoms with Crippen LogP contribution in [0.1, 0.15) is 0 Å². The van der Waals surface area contributed by atoms with Gasteiger partial charge in [-0.1, -0.05) is 11.3 Å². The fourth-order valence-corrected chi connectivity index (χ4v) is 2.70. The monoisotopic (exact) mass is 268 g/mol. The molecule has 92 valence electrons. The first-order valence-corrected chi connectivity index (χ1v) is 6.57. The Hall–Kier alpha value is -2.40. The normalized spacial score (nSPS) is 11.2. The van der Waals surface area contributed by atoms with E-state index in [0.717, 1.165) is 21.4 Å². The Morgan fingerprint density at radius 1 is 1.16 bits per heavy atom. The molecule has 0 amide bonds. The lowest BCUT2D eigenvalue weighted by atomic mass is 10.2. The quantitative estimate of drug-likeness (QED) is 0.546. The fourth-order valence-electron chi connectivity index (χ4n) is 1.90. The lowest BCUT2D eigenvalue weighted by Crippen LogP contribution is -1.82. The molecule has 0 saturated heterocycles. The Kier molecular flexibility index (Phi) is 2.25. The molecule has 0 N–H and O–H groups in total. The molecule has 5 heteroatoms. The Balaban J connectivity index is 1.72. The first kappa shape index (κ1) is 10.5. The summed E-state index contributed by atoms with van der Waals surface area (Å²) >= 11 is 1.48. The number of furan rings is 1. The molecule has 0 unspecified atom stereocenters. The van der Waals surface area contributed by atoms with Gasteiger partial charge in [-0.15, -0.1) is 0 Å². The van der Waals surface area contributed by atoms with E-state index in [1.165, 1.54) is 11.3 Å². The van der Waals surface area contributed by atoms with Crippen molar-refractivity contribution in [3.8, 4) is 10.9 Å². The highest BCUT2D eigenvalue weighted by Gasteiger charge is 2.07. The summed E-state index contributed by atoms with van der Waals surface area (Å²) in [6.07, 6.45) is 3.39. The maximum absolute atomic E-state index is 5.77. The van der Waals surface area contributed by atoms with Gasteiger partial charge in [-0.3, -0.25) is 0 Å². The third-order valence-corrected chi connectivity index (χ3v) is 3.66. The second-order valence-corrected chi connectivity index (χ2v) is 5.02. The number of rotatable bonds is 2. The topological polar surface area (TPSA) is 48.2 Å². The lowest BCUT2D eigenvalue weighted by Gasteiger charge is -2.00. The van der Waals surface area contributed by atoms with Gasteiger partial charge in [0.15, 0.2) is 5.65 Å². The van der Waals surface area contributed by atoms with Gasteiger partial charge in [0.25, 0.3) is 5.19 Å². The van der Waals surface area contributed by atoms with Crippen LogP contribution in [-0.4, -0.2) is 9.97 Å². The molecule has 0 spiro atoms. The van der Waals surface area contributed by atoms with Gasteiger partial charge in [0.2, 0.25) is 0 Å². The number of nitrogens with zero attached hydrogens (tertiary/aromatic N) is 2. The summed E-state index contributed by atoms with van der Waals surface area (Å²) in [4.78, 5) is 8.53. The molecule has 0 aliphatic heterocycles. The Bertz CT molecular complexity index is 833. The molecule has 0 saturated carbocycles. The van der Waals surface area contributed by atoms with Crippen LogP contribution in [0.2, 0.25) is 0 Å². The average Bonchev–Trinajstić information content (AvgIpc) is 3.03. The first-order valence-electron chi connectivity index (χ1n) is 5.75. The Morgan fingerprint density at radius 3 is 3.11 bits per heavy atom. The zero-order valence-electron chi connectivity index (χ0n) is 9.74. The van der Waals surface area contributed by atoms with Gasteiger partial charge in [0.1, 0.15) is 11.3 Å². The summed E-state index contributed by atoms with van der Waals surface area (Å²) in [6, 6.07) is 11.5. The van der Waals surface area contributed by atoms with E-state index in [-0.39, 0.29) is 0 Å². The highest BCUT2D eigenvalue weighted by atomic mass is 32.1. The average molecular weight is 268 g/mol. The zero-order chi connectivity index (χ0) is 12.7. The molecule has 1 aromatic carbocycles. The minimum absolute atomic E-state index is 0.594. The number of thiazole rings is 1. The molecule has 0 bridgehead atoms. The van der Waals surface area contributed by atoms with Gasteiger partial charge in [-0.25, -0.2) is 4.98 Å². The largest absolute Gasteiger partial charge is 0.464 e. The van der Waals surface area contributed by atoms with Crippen molar-refractivity contribution in [2.45, 2.75) is 0 Å². The van der Waals surface area contributed by atoms with Crippen molar-refractivity contribution in [3.63, 3.8) is 0 Å². The van der Waals surface area contributed by atoms with Crippen molar-refractivity contribution in [1.29, 1.82) is 0 Å². The molecule has 3 heterocycles. The van der Waals surface area contributed by atoms with Gasteiger partial charge in [0.05, 0.1) is 11.0 Å². The minimum Gasteiger partial charge on any atom is -0.464 e.